The molecule has 0 saturated carbocycles. The predicted molar refractivity (Wildman–Crippen MR) is 69.5 cm³/mol. The van der Waals surface area contributed by atoms with Gasteiger partial charge in [-0.25, -0.2) is 0 Å². The van der Waals surface area contributed by atoms with E-state index in [1.54, 1.807) is 0 Å². The number of rotatable bonds is 1. The smallest absolute Gasteiger partial charge is 0.242 e. The van der Waals surface area contributed by atoms with Crippen molar-refractivity contribution in [1.82, 2.24) is 10.2 Å². The lowest BCUT2D eigenvalue weighted by atomic mass is 9.84. The van der Waals surface area contributed by atoms with Gasteiger partial charge in [0.15, 0.2) is 0 Å². The second kappa shape index (κ2) is 6.03. The minimum absolute atomic E-state index is 0. The van der Waals surface area contributed by atoms with Crippen molar-refractivity contribution in [3.63, 3.8) is 0 Å². The molecule has 2 aliphatic rings. The molecule has 4 nitrogen and oxygen atoms in total. The lowest BCUT2D eigenvalue weighted by molar-refractivity contribution is -0.139. The van der Waals surface area contributed by atoms with Crippen LogP contribution < -0.4 is 5.32 Å². The van der Waals surface area contributed by atoms with Gasteiger partial charge in [-0.2, -0.15) is 0 Å². The Hall–Kier alpha value is -0.320. The van der Waals surface area contributed by atoms with E-state index < -0.39 is 0 Å². The molecule has 2 rings (SSSR count). The summed E-state index contributed by atoms with van der Waals surface area (Å²) in [7, 11) is 0. The summed E-state index contributed by atoms with van der Waals surface area (Å²) >= 11 is 0. The Morgan fingerprint density at radius 1 is 1.47 bits per heavy atom. The summed E-state index contributed by atoms with van der Waals surface area (Å²) < 4.78 is 5.34. The van der Waals surface area contributed by atoms with Gasteiger partial charge in [-0.1, -0.05) is 13.8 Å². The van der Waals surface area contributed by atoms with E-state index in [1.807, 2.05) is 4.90 Å². The molecule has 0 aromatic rings. The lowest BCUT2D eigenvalue weighted by Gasteiger charge is -2.40. The van der Waals surface area contributed by atoms with Crippen molar-refractivity contribution in [3.8, 4) is 0 Å². The highest BCUT2D eigenvalue weighted by Crippen LogP contribution is 2.28. The molecule has 0 aromatic carbocycles. The van der Waals surface area contributed by atoms with Crippen LogP contribution in [0.15, 0.2) is 0 Å². The summed E-state index contributed by atoms with van der Waals surface area (Å²) in [6.07, 6.45) is 2.33. The summed E-state index contributed by atoms with van der Waals surface area (Å²) in [5.41, 5.74) is 0.267. The number of nitrogens with one attached hydrogen (secondary N) is 1. The number of hydrogen-bond donors (Lipinski definition) is 1. The zero-order valence-electron chi connectivity index (χ0n) is 10.7. The molecule has 0 aliphatic carbocycles. The summed E-state index contributed by atoms with van der Waals surface area (Å²) in [5.74, 6) is 0.215. The van der Waals surface area contributed by atoms with Crippen LogP contribution in [0.4, 0.5) is 0 Å². The number of likely N-dealkylation sites (tertiary alicyclic amines) is 1. The van der Waals surface area contributed by atoms with Crippen LogP contribution >= 0.6 is 12.4 Å². The minimum atomic E-state index is -0.123. The van der Waals surface area contributed by atoms with E-state index in [-0.39, 0.29) is 29.8 Å². The van der Waals surface area contributed by atoms with Crippen molar-refractivity contribution < 1.29 is 9.53 Å². The molecule has 1 N–H and O–H groups in total. The second-order valence-corrected chi connectivity index (χ2v) is 5.61. The first-order valence-corrected chi connectivity index (χ1v) is 6.18. The fourth-order valence-electron chi connectivity index (χ4n) is 2.56. The van der Waals surface area contributed by atoms with Gasteiger partial charge in [0.1, 0.15) is 6.04 Å². The number of nitrogens with zero attached hydrogens (tertiary/aromatic N) is 1. The molecule has 1 amide bonds. The SMILES string of the molecule is CC1(C)CCCN(C(=O)C2COCCN2)C1.Cl. The fraction of sp³-hybridized carbons (Fsp3) is 0.917. The number of hydrogen-bond acceptors (Lipinski definition) is 3. The number of piperidine rings is 1. The highest BCUT2D eigenvalue weighted by Gasteiger charge is 2.33. The molecule has 1 atom stereocenters. The highest BCUT2D eigenvalue weighted by atomic mass is 35.5. The van der Waals surface area contributed by atoms with Crippen molar-refractivity contribution >= 4 is 18.3 Å². The Bertz CT molecular complexity index is 265. The van der Waals surface area contributed by atoms with Gasteiger partial charge in [-0.05, 0) is 18.3 Å². The first-order chi connectivity index (χ1) is 7.58. The van der Waals surface area contributed by atoms with E-state index in [0.717, 1.165) is 32.7 Å². The fourth-order valence-corrected chi connectivity index (χ4v) is 2.56. The van der Waals surface area contributed by atoms with Crippen LogP contribution in [-0.2, 0) is 9.53 Å². The van der Waals surface area contributed by atoms with E-state index in [9.17, 15) is 4.79 Å². The van der Waals surface area contributed by atoms with Crippen molar-refractivity contribution in [3.05, 3.63) is 0 Å². The molecule has 2 fully saturated rings. The highest BCUT2D eigenvalue weighted by molar-refractivity contribution is 5.85. The van der Waals surface area contributed by atoms with Gasteiger partial charge < -0.3 is 15.0 Å². The van der Waals surface area contributed by atoms with Crippen molar-refractivity contribution in [2.24, 2.45) is 5.41 Å². The number of ether oxygens (including phenoxy) is 1. The topological polar surface area (TPSA) is 41.6 Å². The molecule has 2 saturated heterocycles. The number of carbonyl (C=O) groups excluding carboxylic acids is 1. The van der Waals surface area contributed by atoms with Crippen LogP contribution in [0.1, 0.15) is 26.7 Å². The van der Waals surface area contributed by atoms with E-state index in [1.165, 1.54) is 6.42 Å². The maximum absolute atomic E-state index is 12.2. The molecule has 100 valence electrons. The van der Waals surface area contributed by atoms with Crippen LogP contribution in [0.25, 0.3) is 0 Å². The van der Waals surface area contributed by atoms with E-state index >= 15 is 0 Å². The largest absolute Gasteiger partial charge is 0.378 e. The third kappa shape index (κ3) is 3.83. The van der Waals surface area contributed by atoms with Crippen LogP contribution in [-0.4, -0.2) is 49.7 Å². The Morgan fingerprint density at radius 2 is 2.24 bits per heavy atom. The summed E-state index contributed by atoms with van der Waals surface area (Å²) in [6, 6.07) is -0.123. The minimum Gasteiger partial charge on any atom is -0.378 e. The van der Waals surface area contributed by atoms with Crippen LogP contribution in [0.2, 0.25) is 0 Å². The molecule has 1 unspecified atom stereocenters. The van der Waals surface area contributed by atoms with Crippen LogP contribution in [0.5, 0.6) is 0 Å². The molecule has 0 aromatic heterocycles. The van der Waals surface area contributed by atoms with E-state index in [0.29, 0.717) is 6.61 Å². The number of carbonyl (C=O) groups is 1. The predicted octanol–water partition coefficient (Wildman–Crippen LogP) is 1.05. The van der Waals surface area contributed by atoms with Crippen molar-refractivity contribution in [1.29, 1.82) is 0 Å². The van der Waals surface area contributed by atoms with Crippen molar-refractivity contribution in [2.75, 3.05) is 32.8 Å². The monoisotopic (exact) mass is 262 g/mol. The molecule has 2 heterocycles. The normalized spacial score (nSPS) is 28.4. The van der Waals surface area contributed by atoms with Gasteiger partial charge in [0.05, 0.1) is 13.2 Å². The lowest BCUT2D eigenvalue weighted by Crippen LogP contribution is -2.55. The molecule has 0 spiro atoms. The number of amides is 1. The van der Waals surface area contributed by atoms with Gasteiger partial charge in [-0.3, -0.25) is 4.79 Å². The Morgan fingerprint density at radius 3 is 2.82 bits per heavy atom. The Labute approximate surface area is 109 Å². The molecule has 0 radical (unpaired) electrons. The van der Waals surface area contributed by atoms with E-state index in [4.69, 9.17) is 4.74 Å². The Kier molecular flexibility index (Phi) is 5.22. The average molecular weight is 263 g/mol. The third-order valence-corrected chi connectivity index (χ3v) is 3.43. The first-order valence-electron chi connectivity index (χ1n) is 6.18. The molecule has 0 bridgehead atoms. The molecular formula is C12H23ClN2O2. The maximum atomic E-state index is 12.2. The van der Waals surface area contributed by atoms with Crippen LogP contribution in [0.3, 0.4) is 0 Å². The van der Waals surface area contributed by atoms with Gasteiger partial charge >= 0.3 is 0 Å². The standard InChI is InChI=1S/C12H22N2O2.ClH/c1-12(2)4-3-6-14(9-12)11(15)10-8-16-7-5-13-10;/h10,13H,3-9H2,1-2H3;1H. The maximum Gasteiger partial charge on any atom is 0.242 e. The summed E-state index contributed by atoms with van der Waals surface area (Å²) in [5, 5.41) is 3.23. The zero-order valence-corrected chi connectivity index (χ0v) is 11.5. The summed E-state index contributed by atoms with van der Waals surface area (Å²) in [4.78, 5) is 14.2. The van der Waals surface area contributed by atoms with Crippen LogP contribution in [0, 0.1) is 5.41 Å². The van der Waals surface area contributed by atoms with Gasteiger partial charge in [0, 0.05) is 19.6 Å². The average Bonchev–Trinajstić information content (AvgIpc) is 2.28. The van der Waals surface area contributed by atoms with Gasteiger partial charge in [0.25, 0.3) is 0 Å². The van der Waals surface area contributed by atoms with Gasteiger partial charge in [0.2, 0.25) is 5.91 Å². The third-order valence-electron chi connectivity index (χ3n) is 3.43. The number of morpholine rings is 1. The van der Waals surface area contributed by atoms with E-state index in [2.05, 4.69) is 19.2 Å². The number of halogens is 1. The molecule has 2 aliphatic heterocycles. The first kappa shape index (κ1) is 14.7. The zero-order chi connectivity index (χ0) is 11.6. The summed E-state index contributed by atoms with van der Waals surface area (Å²) in [6.45, 7) is 8.28. The van der Waals surface area contributed by atoms with Gasteiger partial charge in [-0.15, -0.1) is 12.4 Å². The molecule has 17 heavy (non-hydrogen) atoms. The molecule has 5 heteroatoms. The second-order valence-electron chi connectivity index (χ2n) is 5.61. The molecular weight excluding hydrogens is 240 g/mol. The quantitative estimate of drug-likeness (QED) is 0.768. The van der Waals surface area contributed by atoms with Crippen molar-refractivity contribution in [2.45, 2.75) is 32.7 Å². The Balaban J connectivity index is 0.00000144.